The molecule has 1 unspecified atom stereocenters. The topological polar surface area (TPSA) is 53.7 Å². The summed E-state index contributed by atoms with van der Waals surface area (Å²) in [5.74, 6) is 2.53. The molecule has 1 aliphatic rings. The van der Waals surface area contributed by atoms with Gasteiger partial charge in [0.05, 0.1) is 21.3 Å². The van der Waals surface area contributed by atoms with Gasteiger partial charge >= 0.3 is 0 Å². The molecule has 1 aromatic rings. The molecule has 0 bridgehead atoms. The number of benzene rings is 1. The number of nitrogens with two attached hydrogens (primary N) is 1. The molecule has 0 spiro atoms. The second-order valence-electron chi connectivity index (χ2n) is 4.64. The molecule has 18 heavy (non-hydrogen) atoms. The predicted molar refractivity (Wildman–Crippen MR) is 70.4 cm³/mol. The molecule has 4 nitrogen and oxygen atoms in total. The molecule has 0 aromatic heterocycles. The lowest BCUT2D eigenvalue weighted by Crippen LogP contribution is -2.27. The van der Waals surface area contributed by atoms with Gasteiger partial charge in [0.15, 0.2) is 11.5 Å². The Bertz CT molecular complexity index is 416. The van der Waals surface area contributed by atoms with Crippen molar-refractivity contribution < 1.29 is 14.2 Å². The van der Waals surface area contributed by atoms with Crippen LogP contribution in [-0.2, 0) is 0 Å². The van der Waals surface area contributed by atoms with Crippen LogP contribution in [0.25, 0.3) is 0 Å². The summed E-state index contributed by atoms with van der Waals surface area (Å²) in [7, 11) is 4.86. The molecule has 0 heterocycles. The van der Waals surface area contributed by atoms with Crippen molar-refractivity contribution in [3.63, 3.8) is 0 Å². The Morgan fingerprint density at radius 1 is 1.06 bits per heavy atom. The standard InChI is InChI=1S/C14H21NO3/c1-16-11-8-7-10(12(15)9-5-4-6-9)13(17-2)14(11)18-3/h7-9,12H,4-6,15H2,1-3H3. The van der Waals surface area contributed by atoms with Crippen molar-refractivity contribution in [2.75, 3.05) is 21.3 Å². The Morgan fingerprint density at radius 2 is 1.72 bits per heavy atom. The minimum absolute atomic E-state index is 0.00788. The van der Waals surface area contributed by atoms with Crippen LogP contribution >= 0.6 is 0 Å². The lowest BCUT2D eigenvalue weighted by Gasteiger charge is -2.32. The Morgan fingerprint density at radius 3 is 2.17 bits per heavy atom. The number of rotatable bonds is 5. The minimum atomic E-state index is 0.00788. The maximum absolute atomic E-state index is 6.32. The Hall–Kier alpha value is -1.42. The van der Waals surface area contributed by atoms with E-state index >= 15 is 0 Å². The van der Waals surface area contributed by atoms with Crippen LogP contribution in [-0.4, -0.2) is 21.3 Å². The molecule has 100 valence electrons. The second kappa shape index (κ2) is 5.48. The van der Waals surface area contributed by atoms with E-state index in [0.717, 1.165) is 5.56 Å². The fourth-order valence-corrected chi connectivity index (χ4v) is 2.44. The molecule has 4 heteroatoms. The van der Waals surface area contributed by atoms with E-state index in [1.807, 2.05) is 12.1 Å². The monoisotopic (exact) mass is 251 g/mol. The molecular weight excluding hydrogens is 230 g/mol. The van der Waals surface area contributed by atoms with E-state index in [4.69, 9.17) is 19.9 Å². The lowest BCUT2D eigenvalue weighted by atomic mass is 9.77. The zero-order valence-corrected chi connectivity index (χ0v) is 11.2. The van der Waals surface area contributed by atoms with Crippen molar-refractivity contribution in [3.8, 4) is 17.2 Å². The van der Waals surface area contributed by atoms with Gasteiger partial charge in [-0.1, -0.05) is 6.42 Å². The summed E-state index contributed by atoms with van der Waals surface area (Å²) in [4.78, 5) is 0. The molecule has 1 aromatic carbocycles. The van der Waals surface area contributed by atoms with E-state index in [-0.39, 0.29) is 6.04 Å². The molecule has 0 aliphatic heterocycles. The SMILES string of the molecule is COc1ccc(C(N)C2CCC2)c(OC)c1OC. The highest BCUT2D eigenvalue weighted by Gasteiger charge is 2.29. The van der Waals surface area contributed by atoms with Gasteiger partial charge < -0.3 is 19.9 Å². The van der Waals surface area contributed by atoms with Gasteiger partial charge in [-0.15, -0.1) is 0 Å². The van der Waals surface area contributed by atoms with E-state index in [2.05, 4.69) is 0 Å². The molecule has 0 saturated heterocycles. The first-order chi connectivity index (χ1) is 8.72. The summed E-state index contributed by atoms with van der Waals surface area (Å²) in [6, 6.07) is 3.87. The van der Waals surface area contributed by atoms with Crippen LogP contribution in [0.15, 0.2) is 12.1 Å². The van der Waals surface area contributed by atoms with Crippen LogP contribution in [0.1, 0.15) is 30.9 Å². The highest BCUT2D eigenvalue weighted by atomic mass is 16.5. The van der Waals surface area contributed by atoms with Crippen molar-refractivity contribution in [3.05, 3.63) is 17.7 Å². The first kappa shape index (κ1) is 13.0. The first-order valence-corrected chi connectivity index (χ1v) is 6.27. The first-order valence-electron chi connectivity index (χ1n) is 6.27. The van der Waals surface area contributed by atoms with Crippen LogP contribution < -0.4 is 19.9 Å². The molecule has 1 aliphatic carbocycles. The highest BCUT2D eigenvalue weighted by Crippen LogP contribution is 2.45. The molecular formula is C14H21NO3. The summed E-state index contributed by atoms with van der Waals surface area (Å²) >= 11 is 0. The fourth-order valence-electron chi connectivity index (χ4n) is 2.44. The number of methoxy groups -OCH3 is 3. The summed E-state index contributed by atoms with van der Waals surface area (Å²) in [5.41, 5.74) is 7.32. The average Bonchev–Trinajstić information content (AvgIpc) is 2.34. The number of hydrogen-bond acceptors (Lipinski definition) is 4. The van der Waals surface area contributed by atoms with Crippen LogP contribution in [0.5, 0.6) is 17.2 Å². The van der Waals surface area contributed by atoms with Crippen molar-refractivity contribution in [1.29, 1.82) is 0 Å². The predicted octanol–water partition coefficient (Wildman–Crippen LogP) is 2.51. The van der Waals surface area contributed by atoms with Gasteiger partial charge in [0, 0.05) is 11.6 Å². The van der Waals surface area contributed by atoms with Gasteiger partial charge in [-0.2, -0.15) is 0 Å². The second-order valence-corrected chi connectivity index (χ2v) is 4.64. The smallest absolute Gasteiger partial charge is 0.203 e. The van der Waals surface area contributed by atoms with Gasteiger partial charge in [0.2, 0.25) is 5.75 Å². The summed E-state index contributed by atoms with van der Waals surface area (Å²) in [5, 5.41) is 0. The molecule has 1 saturated carbocycles. The number of hydrogen-bond donors (Lipinski definition) is 1. The summed E-state index contributed by atoms with van der Waals surface area (Å²) < 4.78 is 16.1. The van der Waals surface area contributed by atoms with Crippen LogP contribution in [0, 0.1) is 5.92 Å². The quantitative estimate of drug-likeness (QED) is 0.873. The fraction of sp³-hybridized carbons (Fsp3) is 0.571. The van der Waals surface area contributed by atoms with Crippen LogP contribution in [0.4, 0.5) is 0 Å². The van der Waals surface area contributed by atoms with Crippen LogP contribution in [0.3, 0.4) is 0 Å². The zero-order valence-electron chi connectivity index (χ0n) is 11.2. The molecule has 0 radical (unpaired) electrons. The molecule has 0 amide bonds. The molecule has 1 fully saturated rings. The third-order valence-corrected chi connectivity index (χ3v) is 3.75. The van der Waals surface area contributed by atoms with E-state index in [0.29, 0.717) is 23.2 Å². The third kappa shape index (κ3) is 2.12. The minimum Gasteiger partial charge on any atom is -0.493 e. The Kier molecular flexibility index (Phi) is 3.97. The van der Waals surface area contributed by atoms with Gasteiger partial charge in [0.1, 0.15) is 0 Å². The van der Waals surface area contributed by atoms with Crippen molar-refractivity contribution in [2.45, 2.75) is 25.3 Å². The van der Waals surface area contributed by atoms with Gasteiger partial charge in [-0.25, -0.2) is 0 Å². The van der Waals surface area contributed by atoms with E-state index in [1.165, 1.54) is 19.3 Å². The van der Waals surface area contributed by atoms with Crippen molar-refractivity contribution in [2.24, 2.45) is 11.7 Å². The summed E-state index contributed by atoms with van der Waals surface area (Å²) in [6.45, 7) is 0. The van der Waals surface area contributed by atoms with E-state index < -0.39 is 0 Å². The largest absolute Gasteiger partial charge is 0.493 e. The Labute approximate surface area is 108 Å². The van der Waals surface area contributed by atoms with Gasteiger partial charge in [0.25, 0.3) is 0 Å². The highest BCUT2D eigenvalue weighted by molar-refractivity contribution is 5.56. The average molecular weight is 251 g/mol. The maximum Gasteiger partial charge on any atom is 0.203 e. The van der Waals surface area contributed by atoms with Crippen molar-refractivity contribution >= 4 is 0 Å². The van der Waals surface area contributed by atoms with E-state index in [9.17, 15) is 0 Å². The van der Waals surface area contributed by atoms with E-state index in [1.54, 1.807) is 21.3 Å². The lowest BCUT2D eigenvalue weighted by molar-refractivity contribution is 0.256. The maximum atomic E-state index is 6.32. The Balaban J connectivity index is 2.40. The van der Waals surface area contributed by atoms with Crippen molar-refractivity contribution in [1.82, 2.24) is 0 Å². The molecule has 2 N–H and O–H groups in total. The number of ether oxygens (including phenoxy) is 3. The van der Waals surface area contributed by atoms with Gasteiger partial charge in [-0.3, -0.25) is 0 Å². The zero-order chi connectivity index (χ0) is 13.1. The van der Waals surface area contributed by atoms with Crippen LogP contribution in [0.2, 0.25) is 0 Å². The van der Waals surface area contributed by atoms with Gasteiger partial charge in [-0.05, 0) is 30.9 Å². The summed E-state index contributed by atoms with van der Waals surface area (Å²) in [6.07, 6.45) is 3.66. The molecule has 2 rings (SSSR count). The normalized spacial score (nSPS) is 16.9. The third-order valence-electron chi connectivity index (χ3n) is 3.75. The molecule has 1 atom stereocenters.